The molecule has 0 aliphatic rings. The molecule has 2 N–H and O–H groups in total. The number of esters is 1. The zero-order valence-electron chi connectivity index (χ0n) is 12.2. The first kappa shape index (κ1) is 15.3. The van der Waals surface area contributed by atoms with Gasteiger partial charge in [-0.3, -0.25) is 9.89 Å². The maximum atomic E-state index is 12.5. The van der Waals surface area contributed by atoms with Crippen LogP contribution in [0.4, 0.5) is 0 Å². The fourth-order valence-corrected chi connectivity index (χ4v) is 2.85. The average Bonchev–Trinajstić information content (AvgIpc) is 3.05. The van der Waals surface area contributed by atoms with Gasteiger partial charge in [0.05, 0.1) is 23.6 Å². The van der Waals surface area contributed by atoms with Crippen LogP contribution in [0.25, 0.3) is 0 Å². The summed E-state index contributed by atoms with van der Waals surface area (Å²) in [7, 11) is 1.32. The molecule has 0 radical (unpaired) electrons. The van der Waals surface area contributed by atoms with Gasteiger partial charge in [0.15, 0.2) is 10.9 Å². The number of thioether (sulfide) groups is 1. The zero-order valence-corrected chi connectivity index (χ0v) is 13.0. The van der Waals surface area contributed by atoms with Crippen LogP contribution >= 0.6 is 11.8 Å². The van der Waals surface area contributed by atoms with E-state index in [4.69, 9.17) is 4.74 Å². The Morgan fingerprint density at radius 3 is 2.67 bits per heavy atom. The first-order valence-electron chi connectivity index (χ1n) is 6.29. The van der Waals surface area contributed by atoms with Crippen molar-refractivity contribution in [3.63, 3.8) is 0 Å². The summed E-state index contributed by atoms with van der Waals surface area (Å²) in [5.74, 6) is -0.553. The summed E-state index contributed by atoms with van der Waals surface area (Å²) in [6, 6.07) is 0. The number of hydrogen-bond donors (Lipinski definition) is 2. The number of methoxy groups -OCH3 is 1. The number of aromatic amines is 2. The third kappa shape index (κ3) is 2.99. The van der Waals surface area contributed by atoms with Crippen LogP contribution in [0.1, 0.15) is 39.0 Å². The lowest BCUT2D eigenvalue weighted by molar-refractivity contribution is 0.0599. The Balaban J connectivity index is 2.25. The smallest absolute Gasteiger partial charge is 0.339 e. The minimum Gasteiger partial charge on any atom is -0.465 e. The highest BCUT2D eigenvalue weighted by molar-refractivity contribution is 8.00. The fourth-order valence-electron chi connectivity index (χ4n) is 2.08. The SMILES string of the molecule is COC(=O)c1c(C)[nH]c(C(=O)C(C)Sc2ncn[nH]2)c1C. The van der Waals surface area contributed by atoms with Crippen molar-refractivity contribution >= 4 is 23.5 Å². The molecular weight excluding hydrogens is 292 g/mol. The molecule has 2 aromatic heterocycles. The van der Waals surface area contributed by atoms with E-state index >= 15 is 0 Å². The Hall–Kier alpha value is -2.09. The number of carbonyl (C=O) groups is 2. The summed E-state index contributed by atoms with van der Waals surface area (Å²) in [5.41, 5.74) is 2.07. The predicted octanol–water partition coefficient (Wildman–Crippen LogP) is 1.90. The van der Waals surface area contributed by atoms with E-state index in [9.17, 15) is 9.59 Å². The number of hydrogen-bond acceptors (Lipinski definition) is 6. The number of nitrogens with one attached hydrogen (secondary N) is 2. The second-order valence-electron chi connectivity index (χ2n) is 4.53. The Morgan fingerprint density at radius 1 is 1.38 bits per heavy atom. The summed E-state index contributed by atoms with van der Waals surface area (Å²) in [6.45, 7) is 5.25. The van der Waals surface area contributed by atoms with Gasteiger partial charge in [-0.1, -0.05) is 11.8 Å². The van der Waals surface area contributed by atoms with Gasteiger partial charge in [-0.25, -0.2) is 9.78 Å². The molecular formula is C13H16N4O3S. The number of carbonyl (C=O) groups excluding carboxylic acids is 2. The first-order chi connectivity index (χ1) is 9.95. The van der Waals surface area contributed by atoms with Gasteiger partial charge >= 0.3 is 5.97 Å². The minimum absolute atomic E-state index is 0.104. The van der Waals surface area contributed by atoms with Crippen LogP contribution < -0.4 is 0 Å². The topological polar surface area (TPSA) is 101 Å². The van der Waals surface area contributed by atoms with Crippen LogP contribution in [0, 0.1) is 13.8 Å². The van der Waals surface area contributed by atoms with Gasteiger partial charge in [0.1, 0.15) is 6.33 Å². The standard InChI is InChI=1S/C13H16N4O3S/c1-6-9(12(19)20-4)7(2)16-10(6)11(18)8(3)21-13-14-5-15-17-13/h5,8,16H,1-4H3,(H,14,15,17). The van der Waals surface area contributed by atoms with Crippen LogP contribution in [-0.2, 0) is 4.74 Å². The molecule has 0 fully saturated rings. The highest BCUT2D eigenvalue weighted by Gasteiger charge is 2.26. The summed E-state index contributed by atoms with van der Waals surface area (Å²) >= 11 is 1.28. The number of rotatable bonds is 5. The second-order valence-corrected chi connectivity index (χ2v) is 5.86. The number of aromatic nitrogens is 4. The molecule has 0 aliphatic carbocycles. The molecule has 0 aliphatic heterocycles. The lowest BCUT2D eigenvalue weighted by Crippen LogP contribution is -2.15. The largest absolute Gasteiger partial charge is 0.465 e. The van der Waals surface area contributed by atoms with Crippen molar-refractivity contribution in [1.82, 2.24) is 20.2 Å². The molecule has 112 valence electrons. The molecule has 2 aromatic rings. The van der Waals surface area contributed by atoms with Gasteiger partial charge in [-0.05, 0) is 26.3 Å². The molecule has 0 bridgehead atoms. The van der Waals surface area contributed by atoms with Gasteiger partial charge < -0.3 is 9.72 Å². The maximum absolute atomic E-state index is 12.5. The van der Waals surface area contributed by atoms with Gasteiger partial charge in [-0.2, -0.15) is 5.10 Å². The van der Waals surface area contributed by atoms with Crippen LogP contribution in [0.5, 0.6) is 0 Å². The van der Waals surface area contributed by atoms with Gasteiger partial charge in [-0.15, -0.1) is 0 Å². The molecule has 0 amide bonds. The molecule has 0 spiro atoms. The Morgan fingerprint density at radius 2 is 2.10 bits per heavy atom. The van der Waals surface area contributed by atoms with E-state index in [1.807, 2.05) is 0 Å². The number of H-pyrrole nitrogens is 2. The van der Waals surface area contributed by atoms with Crippen molar-refractivity contribution in [1.29, 1.82) is 0 Å². The molecule has 1 atom stereocenters. The molecule has 0 saturated heterocycles. The monoisotopic (exact) mass is 308 g/mol. The number of ketones is 1. The van der Waals surface area contributed by atoms with E-state index in [0.29, 0.717) is 27.7 Å². The van der Waals surface area contributed by atoms with Crippen LogP contribution in [-0.4, -0.2) is 44.3 Å². The van der Waals surface area contributed by atoms with Crippen molar-refractivity contribution in [2.45, 2.75) is 31.2 Å². The number of Topliss-reactive ketones (excluding diaryl/α,β-unsaturated/α-hetero) is 1. The molecule has 1 unspecified atom stereocenters. The van der Waals surface area contributed by atoms with E-state index in [-0.39, 0.29) is 11.0 Å². The van der Waals surface area contributed by atoms with E-state index in [2.05, 4.69) is 20.2 Å². The minimum atomic E-state index is -0.448. The molecule has 2 heterocycles. The van der Waals surface area contributed by atoms with Crippen LogP contribution in [0.3, 0.4) is 0 Å². The summed E-state index contributed by atoms with van der Waals surface area (Å²) < 4.78 is 4.74. The second kappa shape index (κ2) is 6.13. The molecule has 2 rings (SSSR count). The van der Waals surface area contributed by atoms with Crippen molar-refractivity contribution in [2.24, 2.45) is 0 Å². The average molecular weight is 308 g/mol. The van der Waals surface area contributed by atoms with E-state index in [1.165, 1.54) is 25.2 Å². The fraction of sp³-hybridized carbons (Fsp3) is 0.385. The van der Waals surface area contributed by atoms with Crippen LogP contribution in [0.2, 0.25) is 0 Å². The highest BCUT2D eigenvalue weighted by atomic mass is 32.2. The normalized spacial score (nSPS) is 12.2. The molecule has 21 heavy (non-hydrogen) atoms. The number of aryl methyl sites for hydroxylation is 1. The molecule has 0 saturated carbocycles. The summed E-state index contributed by atoms with van der Waals surface area (Å²) in [4.78, 5) is 31.2. The lowest BCUT2D eigenvalue weighted by atomic mass is 10.1. The number of ether oxygens (including phenoxy) is 1. The summed E-state index contributed by atoms with van der Waals surface area (Å²) in [6.07, 6.45) is 1.39. The van der Waals surface area contributed by atoms with Crippen molar-refractivity contribution in [3.8, 4) is 0 Å². The van der Waals surface area contributed by atoms with Gasteiger partial charge in [0, 0.05) is 5.69 Å². The number of nitrogens with zero attached hydrogens (tertiary/aromatic N) is 2. The Labute approximate surface area is 125 Å². The predicted molar refractivity (Wildman–Crippen MR) is 77.6 cm³/mol. The summed E-state index contributed by atoms with van der Waals surface area (Å²) in [5, 5.41) is 6.65. The highest BCUT2D eigenvalue weighted by Crippen LogP contribution is 2.25. The third-order valence-electron chi connectivity index (χ3n) is 3.12. The van der Waals surface area contributed by atoms with Crippen molar-refractivity contribution in [2.75, 3.05) is 7.11 Å². The van der Waals surface area contributed by atoms with E-state index < -0.39 is 5.97 Å². The zero-order chi connectivity index (χ0) is 15.6. The molecule has 0 aromatic carbocycles. The Bertz CT molecular complexity index is 663. The Kier molecular flexibility index (Phi) is 4.46. The van der Waals surface area contributed by atoms with E-state index in [0.717, 1.165) is 0 Å². The van der Waals surface area contributed by atoms with Crippen molar-refractivity contribution in [3.05, 3.63) is 28.8 Å². The van der Waals surface area contributed by atoms with Crippen molar-refractivity contribution < 1.29 is 14.3 Å². The van der Waals surface area contributed by atoms with E-state index in [1.54, 1.807) is 20.8 Å². The molecule has 8 heteroatoms. The maximum Gasteiger partial charge on any atom is 0.339 e. The third-order valence-corrected chi connectivity index (χ3v) is 4.11. The quantitative estimate of drug-likeness (QED) is 0.497. The van der Waals surface area contributed by atoms with Crippen LogP contribution in [0.15, 0.2) is 11.5 Å². The van der Waals surface area contributed by atoms with Gasteiger partial charge in [0.25, 0.3) is 0 Å². The van der Waals surface area contributed by atoms with Gasteiger partial charge in [0.2, 0.25) is 0 Å². The molecule has 7 nitrogen and oxygen atoms in total. The lowest BCUT2D eigenvalue weighted by Gasteiger charge is -2.07. The first-order valence-corrected chi connectivity index (χ1v) is 7.17.